The van der Waals surface area contributed by atoms with Crippen molar-refractivity contribution in [1.82, 2.24) is 4.57 Å². The molecule has 0 bridgehead atoms. The van der Waals surface area contributed by atoms with Crippen LogP contribution < -0.4 is 5.32 Å². The maximum absolute atomic E-state index is 13.6. The van der Waals surface area contributed by atoms with Gasteiger partial charge in [-0.2, -0.15) is 13.2 Å². The SMILES string of the molecule is O=C1Nc2cc(C(F)(F)F)ccc2/C1=C/c1cn(Cc2cccc(F)c2)c2ccccc12. The van der Waals surface area contributed by atoms with E-state index in [1.807, 2.05) is 41.1 Å². The molecule has 0 aliphatic carbocycles. The fourth-order valence-corrected chi connectivity index (χ4v) is 4.02. The normalized spacial score (nSPS) is 14.8. The molecule has 0 unspecified atom stereocenters. The zero-order valence-corrected chi connectivity index (χ0v) is 16.6. The van der Waals surface area contributed by atoms with Gasteiger partial charge in [-0.1, -0.05) is 36.4 Å². The molecule has 0 saturated heterocycles. The lowest BCUT2D eigenvalue weighted by molar-refractivity contribution is -0.137. The molecule has 0 saturated carbocycles. The third-order valence-electron chi connectivity index (χ3n) is 5.49. The van der Waals surface area contributed by atoms with E-state index in [4.69, 9.17) is 0 Å². The first-order chi connectivity index (χ1) is 15.3. The molecule has 4 aromatic rings. The summed E-state index contributed by atoms with van der Waals surface area (Å²) in [6, 6.07) is 17.1. The van der Waals surface area contributed by atoms with Gasteiger partial charge < -0.3 is 9.88 Å². The molecular formula is C25H16F4N2O. The number of anilines is 1. The molecule has 160 valence electrons. The Balaban J connectivity index is 1.59. The molecule has 0 radical (unpaired) electrons. The number of fused-ring (bicyclic) bond motifs is 2. The van der Waals surface area contributed by atoms with Crippen LogP contribution in [0.25, 0.3) is 22.6 Å². The number of rotatable bonds is 3. The standard InChI is InChI=1S/C25H16F4N2O/c26-18-5-3-4-15(10-18)13-31-14-16(19-6-1-2-7-23(19)31)11-21-20-9-8-17(25(27,28)29)12-22(20)30-24(21)32/h1-12,14H,13H2,(H,30,32)/b21-11-. The molecule has 0 atom stereocenters. The Morgan fingerprint density at radius 2 is 1.78 bits per heavy atom. The predicted octanol–water partition coefficient (Wildman–Crippen LogP) is 6.34. The van der Waals surface area contributed by atoms with E-state index in [2.05, 4.69) is 5.32 Å². The molecule has 7 heteroatoms. The Kier molecular flexibility index (Phi) is 4.62. The number of nitrogens with one attached hydrogen (secondary N) is 1. The molecule has 2 heterocycles. The number of para-hydroxylation sites is 1. The summed E-state index contributed by atoms with van der Waals surface area (Å²) in [7, 11) is 0. The summed E-state index contributed by atoms with van der Waals surface area (Å²) < 4.78 is 54.6. The smallest absolute Gasteiger partial charge is 0.342 e. The number of alkyl halides is 3. The van der Waals surface area contributed by atoms with Gasteiger partial charge >= 0.3 is 6.18 Å². The summed E-state index contributed by atoms with van der Waals surface area (Å²) in [6.07, 6.45) is -0.951. The van der Waals surface area contributed by atoms with Crippen molar-refractivity contribution in [1.29, 1.82) is 0 Å². The second-order valence-electron chi connectivity index (χ2n) is 7.63. The summed E-state index contributed by atoms with van der Waals surface area (Å²) in [5.41, 5.74) is 2.47. The lowest BCUT2D eigenvalue weighted by Crippen LogP contribution is -2.06. The minimum Gasteiger partial charge on any atom is -0.342 e. The van der Waals surface area contributed by atoms with Crippen LogP contribution in [0.15, 0.2) is 72.9 Å². The van der Waals surface area contributed by atoms with E-state index < -0.39 is 17.6 Å². The molecule has 1 amide bonds. The number of amides is 1. The Bertz CT molecular complexity index is 1400. The van der Waals surface area contributed by atoms with Gasteiger partial charge in [-0.15, -0.1) is 0 Å². The molecular weight excluding hydrogens is 420 g/mol. The quantitative estimate of drug-likeness (QED) is 0.295. The summed E-state index contributed by atoms with van der Waals surface area (Å²) in [5.74, 6) is -0.778. The fourth-order valence-electron chi connectivity index (χ4n) is 4.02. The first-order valence-electron chi connectivity index (χ1n) is 9.86. The second-order valence-corrected chi connectivity index (χ2v) is 7.63. The van der Waals surface area contributed by atoms with Gasteiger partial charge in [0.1, 0.15) is 5.82 Å². The van der Waals surface area contributed by atoms with Crippen LogP contribution in [0.3, 0.4) is 0 Å². The fraction of sp³-hybridized carbons (Fsp3) is 0.0800. The number of carbonyl (C=O) groups excluding carboxylic acids is 1. The minimum absolute atomic E-state index is 0.138. The van der Waals surface area contributed by atoms with Gasteiger partial charge in [0.25, 0.3) is 5.91 Å². The Morgan fingerprint density at radius 3 is 2.56 bits per heavy atom. The summed E-state index contributed by atoms with van der Waals surface area (Å²) in [5, 5.41) is 3.40. The van der Waals surface area contributed by atoms with Crippen molar-refractivity contribution >= 4 is 34.1 Å². The Labute approximate surface area is 180 Å². The van der Waals surface area contributed by atoms with E-state index in [0.29, 0.717) is 17.7 Å². The number of halogens is 4. The Hall–Kier alpha value is -3.87. The third-order valence-corrected chi connectivity index (χ3v) is 5.49. The van der Waals surface area contributed by atoms with Crippen molar-refractivity contribution < 1.29 is 22.4 Å². The molecule has 1 aromatic heterocycles. The molecule has 5 rings (SSSR count). The van der Waals surface area contributed by atoms with Gasteiger partial charge in [0.2, 0.25) is 0 Å². The summed E-state index contributed by atoms with van der Waals surface area (Å²) in [6.45, 7) is 0.430. The highest BCUT2D eigenvalue weighted by molar-refractivity contribution is 6.35. The van der Waals surface area contributed by atoms with E-state index in [1.54, 1.807) is 12.1 Å². The van der Waals surface area contributed by atoms with Crippen molar-refractivity contribution in [3.63, 3.8) is 0 Å². The molecule has 1 aliphatic heterocycles. The minimum atomic E-state index is -4.49. The lowest BCUT2D eigenvalue weighted by Gasteiger charge is -2.08. The maximum Gasteiger partial charge on any atom is 0.416 e. The first kappa shape index (κ1) is 20.1. The van der Waals surface area contributed by atoms with E-state index in [-0.39, 0.29) is 11.5 Å². The van der Waals surface area contributed by atoms with E-state index >= 15 is 0 Å². The van der Waals surface area contributed by atoms with Crippen molar-refractivity contribution in [3.8, 4) is 0 Å². The van der Waals surface area contributed by atoms with Crippen molar-refractivity contribution in [2.75, 3.05) is 5.32 Å². The molecule has 3 aromatic carbocycles. The molecule has 1 N–H and O–H groups in total. The zero-order valence-electron chi connectivity index (χ0n) is 16.6. The second kappa shape index (κ2) is 7.37. The predicted molar refractivity (Wildman–Crippen MR) is 115 cm³/mol. The number of carbonyl (C=O) groups is 1. The monoisotopic (exact) mass is 436 g/mol. The number of aromatic nitrogens is 1. The van der Waals surface area contributed by atoms with Crippen LogP contribution in [-0.4, -0.2) is 10.5 Å². The van der Waals surface area contributed by atoms with Crippen LogP contribution in [0.5, 0.6) is 0 Å². The van der Waals surface area contributed by atoms with E-state index in [0.717, 1.165) is 34.2 Å². The van der Waals surface area contributed by atoms with E-state index in [1.165, 1.54) is 18.2 Å². The van der Waals surface area contributed by atoms with Crippen LogP contribution in [0.4, 0.5) is 23.2 Å². The molecule has 1 aliphatic rings. The van der Waals surface area contributed by atoms with Gasteiger partial charge in [0.15, 0.2) is 0 Å². The largest absolute Gasteiger partial charge is 0.416 e. The van der Waals surface area contributed by atoms with Gasteiger partial charge in [0.05, 0.1) is 5.56 Å². The number of benzene rings is 3. The summed E-state index contributed by atoms with van der Waals surface area (Å²) >= 11 is 0. The highest BCUT2D eigenvalue weighted by Gasteiger charge is 2.33. The van der Waals surface area contributed by atoms with Crippen LogP contribution in [0, 0.1) is 5.82 Å². The van der Waals surface area contributed by atoms with Crippen LogP contribution in [0.1, 0.15) is 22.3 Å². The van der Waals surface area contributed by atoms with Crippen LogP contribution in [-0.2, 0) is 17.5 Å². The molecule has 0 fully saturated rings. The van der Waals surface area contributed by atoms with Gasteiger partial charge in [0, 0.05) is 46.0 Å². The highest BCUT2D eigenvalue weighted by atomic mass is 19.4. The average Bonchev–Trinajstić information content (AvgIpc) is 3.25. The van der Waals surface area contributed by atoms with Gasteiger partial charge in [-0.05, 0) is 42.0 Å². The third kappa shape index (κ3) is 3.56. The number of hydrogen-bond acceptors (Lipinski definition) is 1. The van der Waals surface area contributed by atoms with Crippen molar-refractivity contribution in [3.05, 3.63) is 101 Å². The average molecular weight is 436 g/mol. The van der Waals surface area contributed by atoms with Crippen molar-refractivity contribution in [2.24, 2.45) is 0 Å². The number of nitrogens with zero attached hydrogens (tertiary/aromatic N) is 1. The van der Waals surface area contributed by atoms with Crippen LogP contribution in [0.2, 0.25) is 0 Å². The molecule has 32 heavy (non-hydrogen) atoms. The lowest BCUT2D eigenvalue weighted by atomic mass is 10.0. The van der Waals surface area contributed by atoms with Gasteiger partial charge in [-0.25, -0.2) is 4.39 Å². The molecule has 3 nitrogen and oxygen atoms in total. The highest BCUT2D eigenvalue weighted by Crippen LogP contribution is 2.39. The molecule has 0 spiro atoms. The zero-order chi connectivity index (χ0) is 22.5. The van der Waals surface area contributed by atoms with Gasteiger partial charge in [-0.3, -0.25) is 4.79 Å². The van der Waals surface area contributed by atoms with Crippen LogP contribution >= 0.6 is 0 Å². The topological polar surface area (TPSA) is 34.0 Å². The van der Waals surface area contributed by atoms with E-state index in [9.17, 15) is 22.4 Å². The summed E-state index contributed by atoms with van der Waals surface area (Å²) in [4.78, 5) is 12.6. The van der Waals surface area contributed by atoms with Crippen molar-refractivity contribution in [2.45, 2.75) is 12.7 Å². The first-order valence-corrected chi connectivity index (χ1v) is 9.86. The maximum atomic E-state index is 13.6. The number of hydrogen-bond donors (Lipinski definition) is 1. The Morgan fingerprint density at radius 1 is 0.969 bits per heavy atom.